The van der Waals surface area contributed by atoms with Gasteiger partial charge >= 0.3 is 0 Å². The van der Waals surface area contributed by atoms with E-state index in [1.54, 1.807) is 0 Å². The fourth-order valence-corrected chi connectivity index (χ4v) is 1.78. The first kappa shape index (κ1) is 26.6. The maximum absolute atomic E-state index is 5.71. The molecule has 11 N–H and O–H groups in total. The van der Waals surface area contributed by atoms with Crippen LogP contribution in [0.2, 0.25) is 0 Å². The highest BCUT2D eigenvalue weighted by atomic mass is 35.5. The second-order valence-corrected chi connectivity index (χ2v) is 4.44. The molecule has 0 spiro atoms. The Balaban J connectivity index is -0.000000245. The van der Waals surface area contributed by atoms with E-state index in [0.29, 0.717) is 6.10 Å². The van der Waals surface area contributed by atoms with Crippen LogP contribution in [0.3, 0.4) is 0 Å². The van der Waals surface area contributed by atoms with E-state index < -0.39 is 0 Å². The third-order valence-electron chi connectivity index (χ3n) is 2.55. The smallest absolute Gasteiger partial charge is 0.163 e. The summed E-state index contributed by atoms with van der Waals surface area (Å²) in [6.07, 6.45) is 6.30. The van der Waals surface area contributed by atoms with Gasteiger partial charge in [-0.15, -0.1) is 12.4 Å². The number of hydrogen-bond donors (Lipinski definition) is 4. The van der Waals surface area contributed by atoms with Gasteiger partial charge in [-0.3, -0.25) is 0 Å². The summed E-state index contributed by atoms with van der Waals surface area (Å²) in [5.74, 6) is -0.359. The first-order valence-electron chi connectivity index (χ1n) is 5.66. The molecule has 1 aliphatic heterocycles. The lowest BCUT2D eigenvalue weighted by molar-refractivity contribution is -0.139. The molecule has 0 aromatic rings. The summed E-state index contributed by atoms with van der Waals surface area (Å²) in [5.41, 5.74) is 5.42. The number of ether oxygens (including phenoxy) is 2. The highest BCUT2D eigenvalue weighted by molar-refractivity contribution is 5.85. The van der Waals surface area contributed by atoms with Gasteiger partial charge in [-0.25, -0.2) is 0 Å². The molecule has 116 valence electrons. The Morgan fingerprint density at radius 2 is 1.61 bits per heavy atom. The van der Waals surface area contributed by atoms with Gasteiger partial charge in [0.25, 0.3) is 0 Å². The summed E-state index contributed by atoms with van der Waals surface area (Å²) >= 11 is 0. The lowest BCUT2D eigenvalue weighted by Crippen LogP contribution is -2.21. The summed E-state index contributed by atoms with van der Waals surface area (Å²) in [5, 5.41) is 0. The van der Waals surface area contributed by atoms with Crippen LogP contribution in [0, 0.1) is 0 Å². The van der Waals surface area contributed by atoms with Gasteiger partial charge in [-0.1, -0.05) is 19.3 Å². The lowest BCUT2D eigenvalue weighted by Gasteiger charge is -2.16. The van der Waals surface area contributed by atoms with E-state index in [1.807, 2.05) is 13.8 Å². The van der Waals surface area contributed by atoms with Crippen LogP contribution in [0.15, 0.2) is 0 Å². The van der Waals surface area contributed by atoms with Crippen LogP contribution in [0.1, 0.15) is 46.0 Å². The van der Waals surface area contributed by atoms with Gasteiger partial charge in [0.05, 0.1) is 12.7 Å². The minimum atomic E-state index is -0.359. The van der Waals surface area contributed by atoms with Crippen molar-refractivity contribution in [2.75, 3.05) is 13.2 Å². The Bertz CT molecular complexity index is 173. The maximum Gasteiger partial charge on any atom is 0.163 e. The van der Waals surface area contributed by atoms with Crippen LogP contribution < -0.4 is 24.2 Å². The normalized spacial score (nSPS) is 19.8. The molecule has 0 aromatic heterocycles. The van der Waals surface area contributed by atoms with E-state index in [4.69, 9.17) is 15.2 Å². The SMILES string of the molecule is CC1(C)OCC(CCCCCCN)O1.Cl.N.N.N. The average molecular weight is 289 g/mol. The quantitative estimate of drug-likeness (QED) is 0.552. The molecule has 0 aliphatic carbocycles. The fraction of sp³-hybridized carbons (Fsp3) is 1.00. The molecule has 0 radical (unpaired) electrons. The van der Waals surface area contributed by atoms with Gasteiger partial charge < -0.3 is 33.7 Å². The molecule has 1 fully saturated rings. The van der Waals surface area contributed by atoms with Crippen molar-refractivity contribution < 1.29 is 9.47 Å². The average Bonchev–Trinajstić information content (AvgIpc) is 2.45. The molecular formula is C11H33ClN4O2. The molecule has 6 nitrogen and oxygen atoms in total. The van der Waals surface area contributed by atoms with E-state index in [2.05, 4.69) is 0 Å². The van der Waals surface area contributed by atoms with Gasteiger partial charge in [-0.2, -0.15) is 0 Å². The third kappa shape index (κ3) is 11.2. The first-order chi connectivity index (χ1) is 6.64. The molecule has 1 aliphatic rings. The van der Waals surface area contributed by atoms with Crippen LogP contribution in [0.4, 0.5) is 0 Å². The Morgan fingerprint density at radius 1 is 1.06 bits per heavy atom. The number of unbranched alkanes of at least 4 members (excludes halogenated alkanes) is 3. The zero-order chi connectivity index (χ0) is 10.4. The number of nitrogens with two attached hydrogens (primary N) is 1. The Kier molecular flexibility index (Phi) is 19.9. The van der Waals surface area contributed by atoms with E-state index in [1.165, 1.54) is 19.3 Å². The van der Waals surface area contributed by atoms with Gasteiger partial charge in [0.1, 0.15) is 0 Å². The zero-order valence-corrected chi connectivity index (χ0v) is 12.8. The Morgan fingerprint density at radius 3 is 2.06 bits per heavy atom. The molecule has 18 heavy (non-hydrogen) atoms. The summed E-state index contributed by atoms with van der Waals surface area (Å²) < 4.78 is 11.2. The Labute approximate surface area is 118 Å². The molecule has 1 heterocycles. The predicted molar refractivity (Wildman–Crippen MR) is 79.4 cm³/mol. The Hall–Kier alpha value is 0.0500. The largest absolute Gasteiger partial charge is 0.348 e. The second kappa shape index (κ2) is 13.5. The molecule has 1 saturated heterocycles. The maximum atomic E-state index is 5.71. The summed E-state index contributed by atoms with van der Waals surface area (Å²) in [4.78, 5) is 0. The van der Waals surface area contributed by atoms with Gasteiger partial charge in [0, 0.05) is 0 Å². The number of halogens is 1. The molecule has 0 amide bonds. The zero-order valence-electron chi connectivity index (χ0n) is 12.0. The second-order valence-electron chi connectivity index (χ2n) is 4.44. The molecule has 1 atom stereocenters. The van der Waals surface area contributed by atoms with Gasteiger partial charge in [0.15, 0.2) is 5.79 Å². The van der Waals surface area contributed by atoms with Crippen molar-refractivity contribution in [2.45, 2.75) is 57.8 Å². The highest BCUT2D eigenvalue weighted by Crippen LogP contribution is 2.25. The predicted octanol–water partition coefficient (Wildman–Crippen LogP) is 2.95. The molecular weight excluding hydrogens is 256 g/mol. The van der Waals surface area contributed by atoms with Crippen molar-refractivity contribution >= 4 is 12.4 Å². The molecule has 1 rings (SSSR count). The van der Waals surface area contributed by atoms with Crippen molar-refractivity contribution in [3.63, 3.8) is 0 Å². The molecule has 7 heteroatoms. The number of hydrogen-bond acceptors (Lipinski definition) is 6. The lowest BCUT2D eigenvalue weighted by atomic mass is 10.1. The standard InChI is InChI=1S/C11H23NO2.ClH.3H3N/c1-11(2)13-9-10(14-11)7-5-3-4-6-8-12;;;;/h10H,3-9,12H2,1-2H3;1H;3*1H3. The van der Waals surface area contributed by atoms with E-state index >= 15 is 0 Å². The summed E-state index contributed by atoms with van der Waals surface area (Å²) in [7, 11) is 0. The van der Waals surface area contributed by atoms with Crippen molar-refractivity contribution in [2.24, 2.45) is 5.73 Å². The summed E-state index contributed by atoms with van der Waals surface area (Å²) in [6.45, 7) is 5.52. The minimum Gasteiger partial charge on any atom is -0.348 e. The van der Waals surface area contributed by atoms with Crippen LogP contribution in [-0.4, -0.2) is 25.0 Å². The van der Waals surface area contributed by atoms with Crippen molar-refractivity contribution in [3.8, 4) is 0 Å². The van der Waals surface area contributed by atoms with E-state index in [0.717, 1.165) is 26.0 Å². The first-order valence-corrected chi connectivity index (χ1v) is 5.66. The van der Waals surface area contributed by atoms with Crippen LogP contribution in [0.25, 0.3) is 0 Å². The van der Waals surface area contributed by atoms with Gasteiger partial charge in [-0.05, 0) is 33.2 Å². The van der Waals surface area contributed by atoms with Crippen LogP contribution in [-0.2, 0) is 9.47 Å². The fourth-order valence-electron chi connectivity index (χ4n) is 1.78. The summed E-state index contributed by atoms with van der Waals surface area (Å²) in [6, 6.07) is 0. The molecule has 0 saturated carbocycles. The van der Waals surface area contributed by atoms with Crippen LogP contribution >= 0.6 is 12.4 Å². The third-order valence-corrected chi connectivity index (χ3v) is 2.55. The molecule has 0 aromatic carbocycles. The van der Waals surface area contributed by atoms with Crippen LogP contribution in [0.5, 0.6) is 0 Å². The molecule has 1 unspecified atom stereocenters. The van der Waals surface area contributed by atoms with Crippen molar-refractivity contribution in [1.82, 2.24) is 18.5 Å². The van der Waals surface area contributed by atoms with E-state index in [9.17, 15) is 0 Å². The van der Waals surface area contributed by atoms with E-state index in [-0.39, 0.29) is 36.6 Å². The van der Waals surface area contributed by atoms with Gasteiger partial charge in [0.2, 0.25) is 0 Å². The minimum absolute atomic E-state index is 0. The molecule has 0 bridgehead atoms. The highest BCUT2D eigenvalue weighted by Gasteiger charge is 2.31. The number of rotatable bonds is 6. The van der Waals surface area contributed by atoms with Crippen molar-refractivity contribution in [3.05, 3.63) is 0 Å². The van der Waals surface area contributed by atoms with Crippen molar-refractivity contribution in [1.29, 1.82) is 0 Å². The monoisotopic (exact) mass is 288 g/mol. The topological polar surface area (TPSA) is 149 Å².